The molecule has 0 bridgehead atoms. The smallest absolute Gasteiger partial charge is 0.326 e. The van der Waals surface area contributed by atoms with Crippen LogP contribution in [0, 0.1) is 5.92 Å². The number of nitrogens with one attached hydrogen (secondary N) is 2. The van der Waals surface area contributed by atoms with Gasteiger partial charge in [0.2, 0.25) is 5.91 Å². The zero-order chi connectivity index (χ0) is 15.2. The number of carbonyl (C=O) groups is 2. The number of hydrogen-bond donors (Lipinski definition) is 3. The van der Waals surface area contributed by atoms with Gasteiger partial charge in [-0.2, -0.15) is 0 Å². The first-order chi connectivity index (χ1) is 10.1. The van der Waals surface area contributed by atoms with E-state index in [2.05, 4.69) is 10.6 Å². The minimum atomic E-state index is -1.04. The Morgan fingerprint density at radius 2 is 2.05 bits per heavy atom. The first-order valence-electron chi connectivity index (χ1n) is 6.94. The third-order valence-corrected chi connectivity index (χ3v) is 3.69. The summed E-state index contributed by atoms with van der Waals surface area (Å²) >= 11 is 0. The quantitative estimate of drug-likeness (QED) is 0.689. The van der Waals surface area contributed by atoms with Crippen LogP contribution in [0.5, 0.6) is 0 Å². The Bertz CT molecular complexity index is 492. The highest BCUT2D eigenvalue weighted by atomic mass is 16.5. The predicted molar refractivity (Wildman–Crippen MR) is 76.9 cm³/mol. The molecule has 1 aliphatic heterocycles. The normalized spacial score (nSPS) is 22.7. The van der Waals surface area contributed by atoms with E-state index in [1.165, 1.54) is 0 Å². The molecule has 0 saturated carbocycles. The van der Waals surface area contributed by atoms with E-state index in [1.54, 1.807) is 7.05 Å². The van der Waals surface area contributed by atoms with Gasteiger partial charge in [0, 0.05) is 12.5 Å². The maximum Gasteiger partial charge on any atom is 0.326 e. The van der Waals surface area contributed by atoms with Gasteiger partial charge in [-0.3, -0.25) is 4.79 Å². The maximum atomic E-state index is 12.2. The summed E-state index contributed by atoms with van der Waals surface area (Å²) in [6.07, 6.45) is 0.264. The lowest BCUT2D eigenvalue weighted by Gasteiger charge is -2.20. The average Bonchev–Trinajstić information content (AvgIpc) is 2.96. The monoisotopic (exact) mass is 292 g/mol. The molecular formula is C15H20N2O4. The summed E-state index contributed by atoms with van der Waals surface area (Å²) in [5.41, 5.74) is 0.873. The molecular weight excluding hydrogens is 272 g/mol. The summed E-state index contributed by atoms with van der Waals surface area (Å²) in [6, 6.07) is 8.24. The van der Waals surface area contributed by atoms with Crippen molar-refractivity contribution < 1.29 is 19.4 Å². The van der Waals surface area contributed by atoms with Gasteiger partial charge in [0.25, 0.3) is 0 Å². The van der Waals surface area contributed by atoms with Crippen LogP contribution in [0.25, 0.3) is 0 Å². The Hall–Kier alpha value is -1.92. The lowest BCUT2D eigenvalue weighted by molar-refractivity contribution is -0.142. The summed E-state index contributed by atoms with van der Waals surface area (Å²) < 4.78 is 5.27. The zero-order valence-electron chi connectivity index (χ0n) is 11.9. The lowest BCUT2D eigenvalue weighted by atomic mass is 10.0. The minimum Gasteiger partial charge on any atom is -0.480 e. The van der Waals surface area contributed by atoms with Gasteiger partial charge in [-0.25, -0.2) is 4.79 Å². The van der Waals surface area contributed by atoms with Crippen molar-refractivity contribution in [3.63, 3.8) is 0 Å². The largest absolute Gasteiger partial charge is 0.480 e. The van der Waals surface area contributed by atoms with Gasteiger partial charge in [-0.15, -0.1) is 0 Å². The van der Waals surface area contributed by atoms with E-state index in [0.29, 0.717) is 13.2 Å². The van der Waals surface area contributed by atoms with Crippen LogP contribution in [0.2, 0.25) is 0 Å². The van der Waals surface area contributed by atoms with Gasteiger partial charge >= 0.3 is 5.97 Å². The molecule has 1 aromatic rings. The Morgan fingerprint density at radius 1 is 1.33 bits per heavy atom. The Kier molecular flexibility index (Phi) is 5.30. The number of likely N-dealkylation sites (N-methyl/N-ethyl adjacent to an activating group) is 1. The molecule has 1 amide bonds. The summed E-state index contributed by atoms with van der Waals surface area (Å²) in [7, 11) is 1.76. The first kappa shape index (κ1) is 15.5. The number of hydrogen-bond acceptors (Lipinski definition) is 4. The second-order valence-corrected chi connectivity index (χ2v) is 5.13. The Balaban J connectivity index is 1.99. The summed E-state index contributed by atoms with van der Waals surface area (Å²) in [5.74, 6) is -1.67. The highest BCUT2D eigenvalue weighted by Gasteiger charge is 2.34. The van der Waals surface area contributed by atoms with Crippen LogP contribution < -0.4 is 10.6 Å². The summed E-state index contributed by atoms with van der Waals surface area (Å²) in [4.78, 5) is 23.6. The molecule has 6 heteroatoms. The van der Waals surface area contributed by atoms with Crippen LogP contribution in [0.4, 0.5) is 0 Å². The molecule has 1 heterocycles. The van der Waals surface area contributed by atoms with Crippen LogP contribution in [0.15, 0.2) is 30.3 Å². The van der Waals surface area contributed by atoms with Crippen LogP contribution in [-0.2, 0) is 20.7 Å². The van der Waals surface area contributed by atoms with Crippen LogP contribution >= 0.6 is 0 Å². The minimum absolute atomic E-state index is 0.0730. The number of benzene rings is 1. The molecule has 21 heavy (non-hydrogen) atoms. The number of carboxylic acids is 1. The Morgan fingerprint density at radius 3 is 2.67 bits per heavy atom. The van der Waals surface area contributed by atoms with Crippen molar-refractivity contribution in [2.75, 3.05) is 20.3 Å². The topological polar surface area (TPSA) is 87.7 Å². The van der Waals surface area contributed by atoms with E-state index in [4.69, 9.17) is 4.74 Å². The third-order valence-electron chi connectivity index (χ3n) is 3.69. The van der Waals surface area contributed by atoms with E-state index in [1.807, 2.05) is 30.3 Å². The van der Waals surface area contributed by atoms with Crippen molar-refractivity contribution >= 4 is 11.9 Å². The van der Waals surface area contributed by atoms with E-state index >= 15 is 0 Å². The van der Waals surface area contributed by atoms with Crippen LogP contribution in [0.1, 0.15) is 5.56 Å². The molecule has 0 aliphatic carbocycles. The van der Waals surface area contributed by atoms with Crippen molar-refractivity contribution in [1.82, 2.24) is 10.6 Å². The summed E-state index contributed by atoms with van der Waals surface area (Å²) in [6.45, 7) is 0.778. The maximum absolute atomic E-state index is 12.2. The molecule has 3 atom stereocenters. The molecule has 3 unspecified atom stereocenters. The predicted octanol–water partition coefficient (Wildman–Crippen LogP) is 0.0329. The average molecular weight is 292 g/mol. The van der Waals surface area contributed by atoms with Crippen molar-refractivity contribution in [3.8, 4) is 0 Å². The molecule has 6 nitrogen and oxygen atoms in total. The lowest BCUT2D eigenvalue weighted by Crippen LogP contribution is -2.49. The molecule has 2 rings (SSSR count). The van der Waals surface area contributed by atoms with Gasteiger partial charge in [0.1, 0.15) is 6.04 Å². The third kappa shape index (κ3) is 4.03. The fourth-order valence-corrected chi connectivity index (χ4v) is 2.43. The second-order valence-electron chi connectivity index (χ2n) is 5.13. The SMILES string of the molecule is CNC1COCC1C(=O)NC(Cc1ccccc1)C(=O)O. The Labute approximate surface area is 123 Å². The molecule has 0 aromatic heterocycles. The molecule has 0 spiro atoms. The second kappa shape index (κ2) is 7.19. The van der Waals surface area contributed by atoms with E-state index in [-0.39, 0.29) is 24.3 Å². The fraction of sp³-hybridized carbons (Fsp3) is 0.467. The van der Waals surface area contributed by atoms with Crippen molar-refractivity contribution in [2.45, 2.75) is 18.5 Å². The van der Waals surface area contributed by atoms with Crippen molar-refractivity contribution in [3.05, 3.63) is 35.9 Å². The summed E-state index contributed by atoms with van der Waals surface area (Å²) in [5, 5.41) is 14.9. The number of amides is 1. The van der Waals surface area contributed by atoms with Gasteiger partial charge < -0.3 is 20.5 Å². The van der Waals surface area contributed by atoms with Crippen LogP contribution in [-0.4, -0.2) is 49.3 Å². The standard InChI is InChI=1S/C15H20N2O4/c1-16-13-9-21-8-11(13)14(18)17-12(15(19)20)7-10-5-3-2-4-6-10/h2-6,11-13,16H,7-9H2,1H3,(H,17,18)(H,19,20). The molecule has 3 N–H and O–H groups in total. The molecule has 114 valence electrons. The number of carboxylic acid groups (broad SMARTS) is 1. The van der Waals surface area contributed by atoms with Gasteiger partial charge in [-0.1, -0.05) is 30.3 Å². The number of rotatable bonds is 6. The number of carbonyl (C=O) groups excluding carboxylic acids is 1. The van der Waals surface area contributed by atoms with E-state index < -0.39 is 12.0 Å². The molecule has 1 fully saturated rings. The van der Waals surface area contributed by atoms with Gasteiger partial charge in [0.05, 0.1) is 19.1 Å². The van der Waals surface area contributed by atoms with Crippen LogP contribution in [0.3, 0.4) is 0 Å². The first-order valence-corrected chi connectivity index (χ1v) is 6.94. The molecule has 0 radical (unpaired) electrons. The highest BCUT2D eigenvalue weighted by molar-refractivity contribution is 5.85. The number of ether oxygens (including phenoxy) is 1. The molecule has 1 aliphatic rings. The van der Waals surface area contributed by atoms with E-state index in [0.717, 1.165) is 5.56 Å². The van der Waals surface area contributed by atoms with Gasteiger partial charge in [0.15, 0.2) is 0 Å². The highest BCUT2D eigenvalue weighted by Crippen LogP contribution is 2.14. The fourth-order valence-electron chi connectivity index (χ4n) is 2.43. The van der Waals surface area contributed by atoms with Crippen molar-refractivity contribution in [1.29, 1.82) is 0 Å². The zero-order valence-corrected chi connectivity index (χ0v) is 11.9. The van der Waals surface area contributed by atoms with E-state index in [9.17, 15) is 14.7 Å². The van der Waals surface area contributed by atoms with Crippen molar-refractivity contribution in [2.24, 2.45) is 5.92 Å². The molecule has 1 saturated heterocycles. The molecule has 1 aromatic carbocycles. The number of aliphatic carboxylic acids is 1. The van der Waals surface area contributed by atoms with Gasteiger partial charge in [-0.05, 0) is 12.6 Å².